The van der Waals surface area contributed by atoms with E-state index in [1.165, 1.54) is 6.92 Å². The van der Waals surface area contributed by atoms with Gasteiger partial charge in [0, 0.05) is 13.3 Å². The zero-order chi connectivity index (χ0) is 7.98. The maximum Gasteiger partial charge on any atom is 0.329 e. The van der Waals surface area contributed by atoms with Gasteiger partial charge in [-0.25, -0.2) is 0 Å². The first-order valence-electron chi connectivity index (χ1n) is 2.74. The van der Waals surface area contributed by atoms with Gasteiger partial charge in [0.05, 0.1) is 0 Å². The molecular formula is C5H9NO3S. The molecule has 0 fully saturated rings. The maximum absolute atomic E-state index is 10.5. The zero-order valence-corrected chi connectivity index (χ0v) is 6.48. The molecule has 4 nitrogen and oxygen atoms in total. The predicted molar refractivity (Wildman–Crippen MR) is 38.4 cm³/mol. The lowest BCUT2D eigenvalue weighted by molar-refractivity contribution is -0.155. The van der Waals surface area contributed by atoms with Crippen molar-refractivity contribution in [1.82, 2.24) is 5.48 Å². The van der Waals surface area contributed by atoms with Crippen LogP contribution in [-0.2, 0) is 14.4 Å². The van der Waals surface area contributed by atoms with Crippen LogP contribution in [0.4, 0.5) is 0 Å². The molecule has 0 bridgehead atoms. The molecule has 1 amide bonds. The minimum Gasteiger partial charge on any atom is -0.341 e. The van der Waals surface area contributed by atoms with Crippen LogP contribution in [0, 0.1) is 0 Å². The van der Waals surface area contributed by atoms with E-state index in [4.69, 9.17) is 0 Å². The molecule has 0 saturated heterocycles. The lowest BCUT2D eigenvalue weighted by Gasteiger charge is -2.00. The van der Waals surface area contributed by atoms with Crippen LogP contribution < -0.4 is 5.48 Å². The van der Waals surface area contributed by atoms with Crippen molar-refractivity contribution in [1.29, 1.82) is 0 Å². The summed E-state index contributed by atoms with van der Waals surface area (Å²) in [4.78, 5) is 24.8. The van der Waals surface area contributed by atoms with Gasteiger partial charge in [-0.3, -0.25) is 9.59 Å². The summed E-state index contributed by atoms with van der Waals surface area (Å²) in [6.45, 7) is 1.21. The van der Waals surface area contributed by atoms with Crippen molar-refractivity contribution in [2.75, 3.05) is 5.75 Å². The second-order valence-electron chi connectivity index (χ2n) is 1.59. The molecular weight excluding hydrogens is 154 g/mol. The topological polar surface area (TPSA) is 55.4 Å². The smallest absolute Gasteiger partial charge is 0.329 e. The van der Waals surface area contributed by atoms with Gasteiger partial charge in [-0.1, -0.05) is 0 Å². The minimum absolute atomic E-state index is 0.246. The average Bonchev–Trinajstić information content (AvgIpc) is 1.85. The molecule has 5 heteroatoms. The molecule has 0 saturated carbocycles. The molecule has 0 aliphatic rings. The Morgan fingerprint density at radius 2 is 2.20 bits per heavy atom. The van der Waals surface area contributed by atoms with Crippen LogP contribution >= 0.6 is 12.6 Å². The van der Waals surface area contributed by atoms with Crippen molar-refractivity contribution in [2.24, 2.45) is 0 Å². The van der Waals surface area contributed by atoms with E-state index >= 15 is 0 Å². The molecule has 0 spiro atoms. The molecule has 0 rings (SSSR count). The number of hydrogen-bond donors (Lipinski definition) is 2. The molecule has 0 radical (unpaired) electrons. The van der Waals surface area contributed by atoms with E-state index in [0.717, 1.165) is 0 Å². The Labute approximate surface area is 64.3 Å². The van der Waals surface area contributed by atoms with Gasteiger partial charge >= 0.3 is 5.97 Å². The number of rotatable bonds is 2. The Morgan fingerprint density at radius 1 is 1.60 bits per heavy atom. The first-order chi connectivity index (χ1) is 4.66. The molecule has 0 aromatic heterocycles. The average molecular weight is 163 g/mol. The summed E-state index contributed by atoms with van der Waals surface area (Å²) >= 11 is 3.80. The number of carbonyl (C=O) groups is 2. The highest BCUT2D eigenvalue weighted by molar-refractivity contribution is 7.80. The van der Waals surface area contributed by atoms with Gasteiger partial charge in [-0.05, 0) is 5.75 Å². The van der Waals surface area contributed by atoms with E-state index < -0.39 is 5.97 Å². The Kier molecular flexibility index (Phi) is 4.74. The van der Waals surface area contributed by atoms with Crippen molar-refractivity contribution in [3.8, 4) is 0 Å². The molecule has 0 aromatic carbocycles. The Balaban J connectivity index is 3.30. The number of hydroxylamine groups is 1. The van der Waals surface area contributed by atoms with Crippen LogP contribution in [0.1, 0.15) is 13.3 Å². The summed E-state index contributed by atoms with van der Waals surface area (Å²) in [5, 5.41) is 0. The number of amides is 1. The second-order valence-corrected chi connectivity index (χ2v) is 2.04. The fourth-order valence-electron chi connectivity index (χ4n) is 0.281. The lowest BCUT2D eigenvalue weighted by Crippen LogP contribution is -2.25. The largest absolute Gasteiger partial charge is 0.341 e. The number of hydrogen-bond acceptors (Lipinski definition) is 4. The Hall–Kier alpha value is -0.710. The molecule has 0 aromatic rings. The van der Waals surface area contributed by atoms with E-state index in [0.29, 0.717) is 5.75 Å². The van der Waals surface area contributed by atoms with Gasteiger partial charge < -0.3 is 4.84 Å². The Morgan fingerprint density at radius 3 is 2.60 bits per heavy atom. The first-order valence-corrected chi connectivity index (χ1v) is 3.37. The number of nitrogens with one attached hydrogen (secondary N) is 1. The van der Waals surface area contributed by atoms with E-state index in [-0.39, 0.29) is 12.3 Å². The van der Waals surface area contributed by atoms with Crippen molar-refractivity contribution in [3.63, 3.8) is 0 Å². The third-order valence-electron chi connectivity index (χ3n) is 0.647. The third-order valence-corrected chi connectivity index (χ3v) is 0.871. The van der Waals surface area contributed by atoms with Gasteiger partial charge in [0.1, 0.15) is 0 Å². The lowest BCUT2D eigenvalue weighted by atomic mass is 10.5. The summed E-state index contributed by atoms with van der Waals surface area (Å²) in [5.74, 6) is -0.440. The van der Waals surface area contributed by atoms with Gasteiger partial charge in [-0.15, -0.1) is 0 Å². The Bertz CT molecular complexity index is 137. The normalized spacial score (nSPS) is 8.60. The van der Waals surface area contributed by atoms with Gasteiger partial charge in [0.2, 0.25) is 0 Å². The van der Waals surface area contributed by atoms with Gasteiger partial charge in [0.25, 0.3) is 5.91 Å². The summed E-state index contributed by atoms with van der Waals surface area (Å²) in [5.41, 5.74) is 1.95. The summed E-state index contributed by atoms with van der Waals surface area (Å²) < 4.78 is 0. The van der Waals surface area contributed by atoms with Crippen LogP contribution in [0.5, 0.6) is 0 Å². The van der Waals surface area contributed by atoms with Crippen molar-refractivity contribution in [3.05, 3.63) is 0 Å². The van der Waals surface area contributed by atoms with Crippen molar-refractivity contribution < 1.29 is 14.4 Å². The standard InChI is InChI=1S/C5H9NO3S/c1-4(7)9-6-5(8)2-3-10/h10H,2-3H2,1H3,(H,6,8). The minimum atomic E-state index is -0.535. The van der Waals surface area contributed by atoms with E-state index in [9.17, 15) is 9.59 Å². The van der Waals surface area contributed by atoms with Gasteiger partial charge in [0.15, 0.2) is 0 Å². The SMILES string of the molecule is CC(=O)ONC(=O)CCS. The van der Waals surface area contributed by atoms with Gasteiger partial charge in [-0.2, -0.15) is 18.1 Å². The highest BCUT2D eigenvalue weighted by atomic mass is 32.1. The zero-order valence-electron chi connectivity index (χ0n) is 5.59. The number of carbonyl (C=O) groups excluding carboxylic acids is 2. The van der Waals surface area contributed by atoms with Crippen molar-refractivity contribution >= 4 is 24.5 Å². The summed E-state index contributed by atoms with van der Waals surface area (Å²) in [6.07, 6.45) is 0.246. The van der Waals surface area contributed by atoms with E-state index in [1.54, 1.807) is 0 Å². The second kappa shape index (κ2) is 5.10. The monoisotopic (exact) mass is 163 g/mol. The fraction of sp³-hybridized carbons (Fsp3) is 0.600. The molecule has 0 unspecified atom stereocenters. The van der Waals surface area contributed by atoms with Crippen molar-refractivity contribution in [2.45, 2.75) is 13.3 Å². The quantitative estimate of drug-likeness (QED) is 0.441. The predicted octanol–water partition coefficient (Wildman–Crippen LogP) is -0.0994. The molecule has 1 N–H and O–H groups in total. The van der Waals surface area contributed by atoms with Crippen LogP contribution in [0.2, 0.25) is 0 Å². The maximum atomic E-state index is 10.5. The van der Waals surface area contributed by atoms with Crippen LogP contribution in [0.25, 0.3) is 0 Å². The van der Waals surface area contributed by atoms with Crippen LogP contribution in [-0.4, -0.2) is 17.6 Å². The van der Waals surface area contributed by atoms with E-state index in [1.807, 2.05) is 5.48 Å². The molecule has 58 valence electrons. The molecule has 0 aliphatic heterocycles. The first kappa shape index (κ1) is 9.29. The third kappa shape index (κ3) is 5.43. The molecule has 0 heterocycles. The van der Waals surface area contributed by atoms with E-state index in [2.05, 4.69) is 17.5 Å². The highest BCUT2D eigenvalue weighted by Gasteiger charge is 1.99. The highest BCUT2D eigenvalue weighted by Crippen LogP contribution is 1.82. The fourth-order valence-corrected chi connectivity index (χ4v) is 0.484. The van der Waals surface area contributed by atoms with Crippen LogP contribution in [0.15, 0.2) is 0 Å². The van der Waals surface area contributed by atoms with Crippen LogP contribution in [0.3, 0.4) is 0 Å². The summed E-state index contributed by atoms with van der Waals surface area (Å²) in [7, 11) is 0. The molecule has 0 atom stereocenters. The number of thiol groups is 1. The summed E-state index contributed by atoms with van der Waals surface area (Å²) in [6, 6.07) is 0. The molecule has 10 heavy (non-hydrogen) atoms. The molecule has 0 aliphatic carbocycles.